The van der Waals surface area contributed by atoms with Gasteiger partial charge in [-0.05, 0) is 30.3 Å². The van der Waals surface area contributed by atoms with E-state index in [1.54, 1.807) is 0 Å². The van der Waals surface area contributed by atoms with Gasteiger partial charge < -0.3 is 9.84 Å². The highest BCUT2D eigenvalue weighted by Gasteiger charge is 2.21. The number of carboxylic acids is 1. The van der Waals surface area contributed by atoms with Crippen LogP contribution in [0.1, 0.15) is 15.9 Å². The van der Waals surface area contributed by atoms with E-state index in [0.29, 0.717) is 0 Å². The van der Waals surface area contributed by atoms with Crippen molar-refractivity contribution in [3.63, 3.8) is 0 Å². The largest absolute Gasteiger partial charge is 0.480 e. The Morgan fingerprint density at radius 1 is 1.08 bits per heavy atom. The van der Waals surface area contributed by atoms with E-state index in [0.717, 1.165) is 6.07 Å². The molecule has 0 saturated carbocycles. The maximum atomic E-state index is 12.6. The summed E-state index contributed by atoms with van der Waals surface area (Å²) in [5, 5.41) is 13.2. The predicted octanol–water partition coefficient (Wildman–Crippen LogP) is 2.99. The number of carboxylic acid groups (broad SMARTS) is 1. The fourth-order valence-electron chi connectivity index (χ4n) is 1.98. The fourth-order valence-corrected chi connectivity index (χ4v) is 3.51. The maximum absolute atomic E-state index is 12.6. The monoisotopic (exact) mass is 437 g/mol. The van der Waals surface area contributed by atoms with Gasteiger partial charge in [-0.15, -0.1) is 0 Å². The molecule has 0 aromatic heterocycles. The Morgan fingerprint density at radius 3 is 2.31 bits per heavy atom. The molecule has 2 aromatic carbocycles. The van der Waals surface area contributed by atoms with Crippen molar-refractivity contribution in [2.24, 2.45) is 5.14 Å². The van der Waals surface area contributed by atoms with Crippen molar-refractivity contribution < 1.29 is 27.9 Å². The molecule has 0 radical (unpaired) electrons. The third kappa shape index (κ3) is 4.46. The Balaban J connectivity index is 2.45. The SMILES string of the molecule is NS(=O)(=O)c1cc(C(=O)c2ccc(OCC(=O)O)c(Cl)c2Cl)ccc1Cl. The normalized spacial score (nSPS) is 11.2. The molecule has 0 aliphatic heterocycles. The molecule has 0 heterocycles. The van der Waals surface area contributed by atoms with Gasteiger partial charge in [-0.3, -0.25) is 4.79 Å². The molecule has 0 bridgehead atoms. The summed E-state index contributed by atoms with van der Waals surface area (Å²) in [6.07, 6.45) is 0. The zero-order valence-electron chi connectivity index (χ0n) is 12.7. The third-order valence-electron chi connectivity index (χ3n) is 3.14. The van der Waals surface area contributed by atoms with E-state index in [4.69, 9.17) is 49.8 Å². The van der Waals surface area contributed by atoms with Gasteiger partial charge in [0.1, 0.15) is 15.7 Å². The molecular formula is C15H10Cl3NO6S. The summed E-state index contributed by atoms with van der Waals surface area (Å²) < 4.78 is 28.0. The second kappa shape index (κ2) is 7.81. The molecule has 0 amide bonds. The molecule has 3 N–H and O–H groups in total. The van der Waals surface area contributed by atoms with Crippen LogP contribution in [-0.2, 0) is 14.8 Å². The average molecular weight is 439 g/mol. The summed E-state index contributed by atoms with van der Waals surface area (Å²) in [5.74, 6) is -1.87. The third-order valence-corrected chi connectivity index (χ3v) is 5.40. The molecule has 26 heavy (non-hydrogen) atoms. The van der Waals surface area contributed by atoms with Crippen LogP contribution in [0.3, 0.4) is 0 Å². The van der Waals surface area contributed by atoms with Gasteiger partial charge in [0.15, 0.2) is 12.4 Å². The molecule has 0 fully saturated rings. The summed E-state index contributed by atoms with van der Waals surface area (Å²) in [6, 6.07) is 6.10. The number of nitrogens with two attached hydrogens (primary N) is 1. The van der Waals surface area contributed by atoms with Crippen molar-refractivity contribution in [3.8, 4) is 5.75 Å². The van der Waals surface area contributed by atoms with Gasteiger partial charge in [-0.2, -0.15) is 0 Å². The highest BCUT2D eigenvalue weighted by molar-refractivity contribution is 7.89. The van der Waals surface area contributed by atoms with Gasteiger partial charge in [0.2, 0.25) is 10.0 Å². The minimum absolute atomic E-state index is 0.0167. The van der Waals surface area contributed by atoms with Gasteiger partial charge in [-0.1, -0.05) is 34.8 Å². The number of benzene rings is 2. The zero-order chi connectivity index (χ0) is 19.6. The van der Waals surface area contributed by atoms with Crippen LogP contribution in [0.25, 0.3) is 0 Å². The average Bonchev–Trinajstić information content (AvgIpc) is 2.55. The summed E-state index contributed by atoms with van der Waals surface area (Å²) in [6.45, 7) is -0.641. The topological polar surface area (TPSA) is 124 Å². The Bertz CT molecular complexity index is 1010. The van der Waals surface area contributed by atoms with Crippen molar-refractivity contribution >= 4 is 56.6 Å². The van der Waals surface area contributed by atoms with E-state index in [1.807, 2.05) is 0 Å². The number of hydrogen-bond donors (Lipinski definition) is 2. The van der Waals surface area contributed by atoms with E-state index < -0.39 is 33.3 Å². The first-order chi connectivity index (χ1) is 12.0. The van der Waals surface area contributed by atoms with Crippen LogP contribution in [-0.4, -0.2) is 31.9 Å². The standard InChI is InChI=1S/C15H10Cl3NO6S/c16-9-3-1-7(5-11(9)26(19,23)24)15(22)8-2-4-10(14(18)13(8)17)25-6-12(20)21/h1-5H,6H2,(H,20,21)(H2,19,23,24). The highest BCUT2D eigenvalue weighted by atomic mass is 35.5. The smallest absolute Gasteiger partial charge is 0.341 e. The van der Waals surface area contributed by atoms with Crippen LogP contribution >= 0.6 is 34.8 Å². The summed E-state index contributed by atoms with van der Waals surface area (Å²) in [5.41, 5.74) is -0.0716. The number of rotatable bonds is 6. The van der Waals surface area contributed by atoms with Crippen LogP contribution < -0.4 is 9.88 Å². The lowest BCUT2D eigenvalue weighted by atomic mass is 10.0. The van der Waals surface area contributed by atoms with Crippen molar-refractivity contribution in [1.82, 2.24) is 0 Å². The number of sulfonamides is 1. The first-order valence-electron chi connectivity index (χ1n) is 6.72. The van der Waals surface area contributed by atoms with Gasteiger partial charge in [0.25, 0.3) is 0 Å². The molecule has 138 valence electrons. The summed E-state index contributed by atoms with van der Waals surface area (Å²) in [7, 11) is -4.13. The number of carbonyl (C=O) groups excluding carboxylic acids is 1. The lowest BCUT2D eigenvalue weighted by Gasteiger charge is -2.11. The first-order valence-corrected chi connectivity index (χ1v) is 9.40. The Hall–Kier alpha value is -1.84. The van der Waals surface area contributed by atoms with Gasteiger partial charge >= 0.3 is 5.97 Å². The Labute approximate surface area is 163 Å². The van der Waals surface area contributed by atoms with Gasteiger partial charge in [-0.25, -0.2) is 18.4 Å². The van der Waals surface area contributed by atoms with Crippen LogP contribution in [0.5, 0.6) is 5.75 Å². The van der Waals surface area contributed by atoms with E-state index in [2.05, 4.69) is 0 Å². The maximum Gasteiger partial charge on any atom is 0.341 e. The zero-order valence-corrected chi connectivity index (χ0v) is 15.8. The second-order valence-corrected chi connectivity index (χ2v) is 7.63. The molecule has 0 saturated heterocycles. The van der Waals surface area contributed by atoms with E-state index >= 15 is 0 Å². The molecule has 2 rings (SSSR count). The lowest BCUT2D eigenvalue weighted by molar-refractivity contribution is -0.139. The molecule has 11 heteroatoms. The molecular weight excluding hydrogens is 429 g/mol. The van der Waals surface area contributed by atoms with Crippen molar-refractivity contribution in [2.45, 2.75) is 4.90 Å². The number of primary sulfonamides is 1. The van der Waals surface area contributed by atoms with Crippen LogP contribution in [0, 0.1) is 0 Å². The van der Waals surface area contributed by atoms with Crippen LogP contribution in [0.15, 0.2) is 35.2 Å². The number of hydrogen-bond acceptors (Lipinski definition) is 5. The molecule has 0 aliphatic carbocycles. The van der Waals surface area contributed by atoms with E-state index in [-0.39, 0.29) is 31.9 Å². The quantitative estimate of drug-likeness (QED) is 0.668. The molecule has 0 atom stereocenters. The highest BCUT2D eigenvalue weighted by Crippen LogP contribution is 2.36. The minimum atomic E-state index is -4.13. The molecule has 2 aromatic rings. The molecule has 0 aliphatic rings. The fraction of sp³-hybridized carbons (Fsp3) is 0.0667. The number of carbonyl (C=O) groups is 2. The Morgan fingerprint density at radius 2 is 1.73 bits per heavy atom. The number of aliphatic carboxylic acids is 1. The van der Waals surface area contributed by atoms with E-state index in [9.17, 15) is 18.0 Å². The summed E-state index contributed by atoms with van der Waals surface area (Å²) in [4.78, 5) is 22.8. The number of ketones is 1. The molecule has 7 nitrogen and oxygen atoms in total. The second-order valence-electron chi connectivity index (χ2n) is 4.94. The minimum Gasteiger partial charge on any atom is -0.480 e. The molecule has 0 spiro atoms. The van der Waals surface area contributed by atoms with E-state index in [1.165, 1.54) is 24.3 Å². The van der Waals surface area contributed by atoms with Gasteiger partial charge in [0.05, 0.1) is 10.0 Å². The lowest BCUT2D eigenvalue weighted by Crippen LogP contribution is -2.14. The van der Waals surface area contributed by atoms with Crippen LogP contribution in [0.2, 0.25) is 15.1 Å². The predicted molar refractivity (Wildman–Crippen MR) is 95.9 cm³/mol. The van der Waals surface area contributed by atoms with Crippen LogP contribution in [0.4, 0.5) is 0 Å². The van der Waals surface area contributed by atoms with Crippen molar-refractivity contribution in [3.05, 3.63) is 56.5 Å². The Kier molecular flexibility index (Phi) is 6.15. The first kappa shape index (κ1) is 20.5. The molecule has 0 unspecified atom stereocenters. The number of halogens is 3. The van der Waals surface area contributed by atoms with Gasteiger partial charge in [0, 0.05) is 11.1 Å². The van der Waals surface area contributed by atoms with Crippen molar-refractivity contribution in [2.75, 3.05) is 6.61 Å². The van der Waals surface area contributed by atoms with Crippen molar-refractivity contribution in [1.29, 1.82) is 0 Å². The summed E-state index contributed by atoms with van der Waals surface area (Å²) >= 11 is 17.9. The number of ether oxygens (including phenoxy) is 1.